The van der Waals surface area contributed by atoms with Crippen LogP contribution in [-0.4, -0.2) is 24.9 Å². The second-order valence-electron chi connectivity index (χ2n) is 5.48. The minimum Gasteiger partial charge on any atom is -0.351 e. The van der Waals surface area contributed by atoms with Gasteiger partial charge < -0.3 is 4.90 Å². The molecule has 2 fully saturated rings. The first kappa shape index (κ1) is 11.2. The van der Waals surface area contributed by atoms with E-state index in [0.29, 0.717) is 0 Å². The zero-order valence-electron chi connectivity index (χ0n) is 10.1. The number of carbonyl (C=O) groups excluding carboxylic acids is 1. The molecule has 0 amide bonds. The zero-order chi connectivity index (χ0) is 11.8. The summed E-state index contributed by atoms with van der Waals surface area (Å²) in [5.74, 6) is 2.80. The van der Waals surface area contributed by atoms with E-state index in [2.05, 4.69) is 16.9 Å². The highest BCUT2D eigenvalue weighted by atomic mass is 32.1. The second-order valence-corrected chi connectivity index (χ2v) is 6.52. The lowest BCUT2D eigenvalue weighted by molar-refractivity contribution is 0.112. The smallest absolute Gasteiger partial charge is 0.185 e. The van der Waals surface area contributed by atoms with Gasteiger partial charge in [0.25, 0.3) is 0 Å². The normalized spacial score (nSPS) is 30.8. The lowest BCUT2D eigenvalue weighted by atomic mass is 9.88. The first-order valence-electron chi connectivity index (χ1n) is 6.38. The van der Waals surface area contributed by atoms with Crippen LogP contribution in [0.2, 0.25) is 0 Å². The molecular weight excluding hydrogens is 232 g/mol. The highest BCUT2D eigenvalue weighted by molar-refractivity contribution is 7.17. The van der Waals surface area contributed by atoms with Gasteiger partial charge in [-0.3, -0.25) is 4.79 Å². The van der Waals surface area contributed by atoms with Crippen molar-refractivity contribution in [1.29, 1.82) is 0 Å². The molecule has 3 unspecified atom stereocenters. The summed E-state index contributed by atoms with van der Waals surface area (Å²) in [7, 11) is 2.10. The van der Waals surface area contributed by atoms with Crippen molar-refractivity contribution in [2.75, 3.05) is 18.5 Å². The molecule has 3 atom stereocenters. The van der Waals surface area contributed by atoms with Crippen molar-refractivity contribution in [1.82, 2.24) is 4.98 Å². The Balaban J connectivity index is 1.63. The Morgan fingerprint density at radius 2 is 2.41 bits per heavy atom. The molecule has 0 spiro atoms. The van der Waals surface area contributed by atoms with Crippen LogP contribution in [0.25, 0.3) is 0 Å². The van der Waals surface area contributed by atoms with Crippen molar-refractivity contribution in [3.63, 3.8) is 0 Å². The van der Waals surface area contributed by atoms with Gasteiger partial charge in [-0.1, -0.05) is 17.8 Å². The standard InChI is InChI=1S/C13H18N2OS/c1-15(13-14-6-12(8-16)17-13)7-11-5-9-2-3-10(11)4-9/h6,8-11H,2-5,7H2,1H3. The minimum atomic E-state index is 0.722. The van der Waals surface area contributed by atoms with Crippen LogP contribution in [0.15, 0.2) is 6.20 Å². The van der Waals surface area contributed by atoms with Gasteiger partial charge in [-0.2, -0.15) is 0 Å². The molecule has 1 heterocycles. The van der Waals surface area contributed by atoms with Crippen molar-refractivity contribution in [3.05, 3.63) is 11.1 Å². The molecule has 2 saturated carbocycles. The van der Waals surface area contributed by atoms with Crippen LogP contribution in [0.3, 0.4) is 0 Å². The summed E-state index contributed by atoms with van der Waals surface area (Å²) >= 11 is 1.49. The van der Waals surface area contributed by atoms with E-state index in [1.807, 2.05) is 0 Å². The molecule has 1 aromatic heterocycles. The summed E-state index contributed by atoms with van der Waals surface area (Å²) in [5.41, 5.74) is 0. The molecule has 2 bridgehead atoms. The monoisotopic (exact) mass is 250 g/mol. The Bertz CT molecular complexity index is 417. The summed E-state index contributed by atoms with van der Waals surface area (Å²) in [4.78, 5) is 17.9. The van der Waals surface area contributed by atoms with Gasteiger partial charge in [0.2, 0.25) is 0 Å². The Hall–Kier alpha value is -0.900. The third-order valence-corrected chi connectivity index (χ3v) is 5.38. The zero-order valence-corrected chi connectivity index (χ0v) is 10.9. The van der Waals surface area contributed by atoms with Crippen LogP contribution >= 0.6 is 11.3 Å². The van der Waals surface area contributed by atoms with Gasteiger partial charge in [0.1, 0.15) is 0 Å². The number of nitrogens with zero attached hydrogens (tertiary/aromatic N) is 2. The van der Waals surface area contributed by atoms with Crippen molar-refractivity contribution in [2.45, 2.75) is 25.7 Å². The Morgan fingerprint density at radius 1 is 1.53 bits per heavy atom. The van der Waals surface area contributed by atoms with Crippen molar-refractivity contribution in [2.24, 2.45) is 17.8 Å². The summed E-state index contributed by atoms with van der Waals surface area (Å²) in [5, 5.41) is 0.981. The number of hydrogen-bond donors (Lipinski definition) is 0. The van der Waals surface area contributed by atoms with Crippen LogP contribution in [0.1, 0.15) is 35.4 Å². The van der Waals surface area contributed by atoms with Gasteiger partial charge in [0.05, 0.1) is 11.1 Å². The lowest BCUT2D eigenvalue weighted by Crippen LogP contribution is -2.28. The van der Waals surface area contributed by atoms with Gasteiger partial charge in [-0.15, -0.1) is 0 Å². The topological polar surface area (TPSA) is 33.2 Å². The van der Waals surface area contributed by atoms with E-state index in [1.54, 1.807) is 6.20 Å². The first-order chi connectivity index (χ1) is 8.26. The van der Waals surface area contributed by atoms with Crippen LogP contribution in [0.5, 0.6) is 0 Å². The number of fused-ring (bicyclic) bond motifs is 2. The van der Waals surface area contributed by atoms with Gasteiger partial charge in [-0.25, -0.2) is 4.98 Å². The number of aldehydes is 1. The largest absolute Gasteiger partial charge is 0.351 e. The Kier molecular flexibility index (Phi) is 2.90. The summed E-state index contributed by atoms with van der Waals surface area (Å²) < 4.78 is 0. The molecule has 17 heavy (non-hydrogen) atoms. The summed E-state index contributed by atoms with van der Waals surface area (Å²) in [6.45, 7) is 1.10. The SMILES string of the molecule is CN(CC1CC2CCC1C2)c1ncc(C=O)s1. The summed E-state index contributed by atoms with van der Waals surface area (Å²) in [6.07, 6.45) is 8.30. The molecule has 0 radical (unpaired) electrons. The molecule has 2 aliphatic rings. The average molecular weight is 250 g/mol. The molecule has 0 aromatic carbocycles. The molecule has 92 valence electrons. The number of aromatic nitrogens is 1. The molecule has 3 rings (SSSR count). The molecule has 0 N–H and O–H groups in total. The third-order valence-electron chi connectivity index (χ3n) is 4.35. The van der Waals surface area contributed by atoms with E-state index in [1.165, 1.54) is 37.0 Å². The van der Waals surface area contributed by atoms with E-state index in [-0.39, 0.29) is 0 Å². The van der Waals surface area contributed by atoms with E-state index >= 15 is 0 Å². The van der Waals surface area contributed by atoms with Crippen molar-refractivity contribution in [3.8, 4) is 0 Å². The first-order valence-corrected chi connectivity index (χ1v) is 7.20. The molecule has 2 aliphatic carbocycles. The molecular formula is C13H18N2OS. The molecule has 3 nitrogen and oxygen atoms in total. The quantitative estimate of drug-likeness (QED) is 0.770. The summed E-state index contributed by atoms with van der Waals surface area (Å²) in [6, 6.07) is 0. The van der Waals surface area contributed by atoms with Gasteiger partial charge in [0.15, 0.2) is 11.4 Å². The minimum absolute atomic E-state index is 0.722. The average Bonchev–Trinajstić information content (AvgIpc) is 3.04. The fourth-order valence-corrected chi connectivity index (χ4v) is 4.24. The van der Waals surface area contributed by atoms with E-state index in [0.717, 1.165) is 40.6 Å². The van der Waals surface area contributed by atoms with Gasteiger partial charge in [0, 0.05) is 13.6 Å². The molecule has 0 aliphatic heterocycles. The maximum atomic E-state index is 10.6. The van der Waals surface area contributed by atoms with Gasteiger partial charge >= 0.3 is 0 Å². The van der Waals surface area contributed by atoms with Crippen LogP contribution < -0.4 is 4.90 Å². The van der Waals surface area contributed by atoms with Gasteiger partial charge in [-0.05, 0) is 37.0 Å². The number of hydrogen-bond acceptors (Lipinski definition) is 4. The highest BCUT2D eigenvalue weighted by Crippen LogP contribution is 2.48. The van der Waals surface area contributed by atoms with E-state index < -0.39 is 0 Å². The van der Waals surface area contributed by atoms with Crippen LogP contribution in [-0.2, 0) is 0 Å². The number of thiazole rings is 1. The van der Waals surface area contributed by atoms with Crippen LogP contribution in [0, 0.1) is 17.8 Å². The molecule has 4 heteroatoms. The predicted molar refractivity (Wildman–Crippen MR) is 69.7 cm³/mol. The molecule has 1 aromatic rings. The number of anilines is 1. The fraction of sp³-hybridized carbons (Fsp3) is 0.692. The molecule has 0 saturated heterocycles. The number of carbonyl (C=O) groups is 1. The van der Waals surface area contributed by atoms with Crippen LogP contribution in [0.4, 0.5) is 5.13 Å². The maximum absolute atomic E-state index is 10.6. The lowest BCUT2D eigenvalue weighted by Gasteiger charge is -2.26. The van der Waals surface area contributed by atoms with E-state index in [4.69, 9.17) is 0 Å². The van der Waals surface area contributed by atoms with E-state index in [9.17, 15) is 4.79 Å². The van der Waals surface area contributed by atoms with Crippen molar-refractivity contribution >= 4 is 22.8 Å². The maximum Gasteiger partial charge on any atom is 0.185 e. The Morgan fingerprint density at radius 3 is 3.00 bits per heavy atom. The Labute approximate surface area is 106 Å². The highest BCUT2D eigenvalue weighted by Gasteiger charge is 2.39. The fourth-order valence-electron chi connectivity index (χ4n) is 3.54. The van der Waals surface area contributed by atoms with Crippen molar-refractivity contribution < 1.29 is 4.79 Å². The second kappa shape index (κ2) is 4.41. The third kappa shape index (κ3) is 2.10. The number of rotatable bonds is 4. The predicted octanol–water partition coefficient (Wildman–Crippen LogP) is 2.83.